The molecule has 3 nitrogen and oxygen atoms in total. The minimum Gasteiger partial charge on any atom is -0.401 e. The second-order valence-electron chi connectivity index (χ2n) is 5.69. The molecule has 0 N–H and O–H groups in total. The lowest BCUT2D eigenvalue weighted by atomic mass is 9.76. The SMILES string of the molecule is COC(B1OC(C)(C)C(C)(C)O1)c1ccccc1. The van der Waals surface area contributed by atoms with Gasteiger partial charge in [-0.1, -0.05) is 30.3 Å². The Kier molecular flexibility index (Phi) is 3.54. The fourth-order valence-electron chi connectivity index (χ4n) is 2.06. The Hall–Kier alpha value is -0.835. The van der Waals surface area contributed by atoms with E-state index in [0.29, 0.717) is 0 Å². The molecule has 0 bridgehead atoms. The van der Waals surface area contributed by atoms with Crippen molar-refractivity contribution in [1.29, 1.82) is 0 Å². The fourth-order valence-corrected chi connectivity index (χ4v) is 2.06. The lowest BCUT2D eigenvalue weighted by molar-refractivity contribution is 0.00578. The number of methoxy groups -OCH3 is 1. The predicted octanol–water partition coefficient (Wildman–Crippen LogP) is 3.01. The fraction of sp³-hybridized carbons (Fsp3) is 0.571. The maximum atomic E-state index is 6.02. The highest BCUT2D eigenvalue weighted by atomic mass is 16.7. The van der Waals surface area contributed by atoms with Crippen LogP contribution >= 0.6 is 0 Å². The second kappa shape index (κ2) is 4.69. The molecule has 98 valence electrons. The van der Waals surface area contributed by atoms with Crippen molar-refractivity contribution in [2.24, 2.45) is 0 Å². The summed E-state index contributed by atoms with van der Waals surface area (Å²) < 4.78 is 17.6. The van der Waals surface area contributed by atoms with Gasteiger partial charge in [0, 0.05) is 7.11 Å². The summed E-state index contributed by atoms with van der Waals surface area (Å²) in [4.78, 5) is 0. The van der Waals surface area contributed by atoms with Crippen LogP contribution in [0.15, 0.2) is 30.3 Å². The van der Waals surface area contributed by atoms with Crippen LogP contribution in [0.1, 0.15) is 39.3 Å². The zero-order chi connectivity index (χ0) is 13.4. The molecule has 0 aliphatic carbocycles. The normalized spacial score (nSPS) is 23.1. The topological polar surface area (TPSA) is 27.7 Å². The molecule has 4 heteroatoms. The van der Waals surface area contributed by atoms with Crippen molar-refractivity contribution < 1.29 is 14.0 Å². The summed E-state index contributed by atoms with van der Waals surface area (Å²) in [5.41, 5.74) is 0.408. The lowest BCUT2D eigenvalue weighted by Gasteiger charge is -2.32. The van der Waals surface area contributed by atoms with E-state index in [4.69, 9.17) is 14.0 Å². The van der Waals surface area contributed by atoms with Crippen LogP contribution < -0.4 is 0 Å². The summed E-state index contributed by atoms with van der Waals surface area (Å²) in [6, 6.07) is 9.82. The van der Waals surface area contributed by atoms with Gasteiger partial charge in [-0.3, -0.25) is 0 Å². The van der Waals surface area contributed by atoms with E-state index >= 15 is 0 Å². The Balaban J connectivity index is 2.22. The predicted molar refractivity (Wildman–Crippen MR) is 72.3 cm³/mol. The zero-order valence-corrected chi connectivity index (χ0v) is 11.8. The lowest BCUT2D eigenvalue weighted by Crippen LogP contribution is -2.41. The minimum absolute atomic E-state index is 0.202. The molecule has 2 rings (SSSR count). The van der Waals surface area contributed by atoms with Gasteiger partial charge in [0.15, 0.2) is 0 Å². The summed E-state index contributed by atoms with van der Waals surface area (Å²) in [5.74, 6) is 0. The zero-order valence-electron chi connectivity index (χ0n) is 11.8. The smallest absolute Gasteiger partial charge is 0.401 e. The molecule has 1 aliphatic heterocycles. The molecular weight excluding hydrogens is 227 g/mol. The third kappa shape index (κ3) is 2.33. The van der Waals surface area contributed by atoms with Crippen molar-refractivity contribution in [3.05, 3.63) is 35.9 Å². The van der Waals surface area contributed by atoms with Crippen LogP contribution in [-0.2, 0) is 14.0 Å². The maximum Gasteiger partial charge on any atom is 0.493 e. The van der Waals surface area contributed by atoms with Crippen molar-refractivity contribution >= 4 is 7.12 Å². The van der Waals surface area contributed by atoms with Gasteiger partial charge in [-0.2, -0.15) is 0 Å². The molecule has 1 aromatic carbocycles. The second-order valence-corrected chi connectivity index (χ2v) is 5.69. The van der Waals surface area contributed by atoms with Crippen molar-refractivity contribution in [2.75, 3.05) is 7.11 Å². The van der Waals surface area contributed by atoms with Crippen LogP contribution in [0.2, 0.25) is 0 Å². The molecule has 1 aromatic rings. The van der Waals surface area contributed by atoms with Crippen molar-refractivity contribution in [3.63, 3.8) is 0 Å². The van der Waals surface area contributed by atoms with Crippen molar-refractivity contribution in [1.82, 2.24) is 0 Å². The van der Waals surface area contributed by atoms with E-state index in [0.717, 1.165) is 5.56 Å². The first-order valence-corrected chi connectivity index (χ1v) is 6.31. The first-order chi connectivity index (χ1) is 8.37. The summed E-state index contributed by atoms with van der Waals surface area (Å²) in [6.45, 7) is 8.19. The van der Waals surface area contributed by atoms with Crippen LogP contribution in [0.25, 0.3) is 0 Å². The summed E-state index contributed by atoms with van der Waals surface area (Å²) >= 11 is 0. The Bertz CT molecular complexity index is 387. The number of hydrogen-bond donors (Lipinski definition) is 0. The number of rotatable bonds is 3. The molecule has 18 heavy (non-hydrogen) atoms. The van der Waals surface area contributed by atoms with Crippen LogP contribution in [0.4, 0.5) is 0 Å². The highest BCUT2D eigenvalue weighted by molar-refractivity contribution is 6.47. The molecule has 1 unspecified atom stereocenters. The van der Waals surface area contributed by atoms with Gasteiger partial charge in [-0.25, -0.2) is 0 Å². The number of benzene rings is 1. The molecule has 1 aliphatic rings. The minimum atomic E-state index is -0.373. The third-order valence-electron chi connectivity index (χ3n) is 3.90. The Morgan fingerprint density at radius 2 is 1.50 bits per heavy atom. The Morgan fingerprint density at radius 3 is 1.94 bits per heavy atom. The number of ether oxygens (including phenoxy) is 1. The monoisotopic (exact) mass is 248 g/mol. The molecule has 0 spiro atoms. The maximum absolute atomic E-state index is 6.02. The number of hydrogen-bond acceptors (Lipinski definition) is 3. The van der Waals surface area contributed by atoms with Gasteiger partial charge in [0.1, 0.15) is 6.00 Å². The van der Waals surface area contributed by atoms with Crippen molar-refractivity contribution in [3.8, 4) is 0 Å². The van der Waals surface area contributed by atoms with Crippen LogP contribution in [0.3, 0.4) is 0 Å². The summed E-state index contributed by atoms with van der Waals surface area (Å²) in [6.07, 6.45) is 0. The Labute approximate surface area is 110 Å². The molecule has 0 aromatic heterocycles. The van der Waals surface area contributed by atoms with Crippen LogP contribution in [0, 0.1) is 0 Å². The largest absolute Gasteiger partial charge is 0.493 e. The summed E-state index contributed by atoms with van der Waals surface area (Å²) in [7, 11) is 1.31. The van der Waals surface area contributed by atoms with E-state index in [2.05, 4.69) is 0 Å². The van der Waals surface area contributed by atoms with Gasteiger partial charge in [-0.05, 0) is 33.3 Å². The van der Waals surface area contributed by atoms with E-state index in [1.807, 2.05) is 58.0 Å². The molecule has 0 amide bonds. The molecule has 1 fully saturated rings. The molecular formula is C14H21BO3. The quantitative estimate of drug-likeness (QED) is 0.769. The van der Waals surface area contributed by atoms with E-state index < -0.39 is 0 Å². The van der Waals surface area contributed by atoms with Gasteiger partial charge in [0.2, 0.25) is 0 Å². The first kappa shape index (κ1) is 13.6. The standard InChI is InChI=1S/C14H21BO3/c1-13(2)14(3,4)18-15(17-13)12(16-5)11-9-7-6-8-10-11/h6-10,12H,1-5H3. The average molecular weight is 248 g/mol. The van der Waals surface area contributed by atoms with E-state index in [9.17, 15) is 0 Å². The summed E-state index contributed by atoms with van der Waals surface area (Å²) in [5, 5.41) is 0. The van der Waals surface area contributed by atoms with E-state index in [-0.39, 0.29) is 24.3 Å². The van der Waals surface area contributed by atoms with Crippen LogP contribution in [0.5, 0.6) is 0 Å². The van der Waals surface area contributed by atoms with Crippen LogP contribution in [-0.4, -0.2) is 25.4 Å². The van der Waals surface area contributed by atoms with E-state index in [1.54, 1.807) is 7.11 Å². The highest BCUT2D eigenvalue weighted by Gasteiger charge is 2.54. The molecule has 1 saturated heterocycles. The third-order valence-corrected chi connectivity index (χ3v) is 3.90. The molecule has 1 heterocycles. The highest BCUT2D eigenvalue weighted by Crippen LogP contribution is 2.40. The first-order valence-electron chi connectivity index (χ1n) is 6.31. The Morgan fingerprint density at radius 1 is 1.00 bits per heavy atom. The van der Waals surface area contributed by atoms with E-state index in [1.165, 1.54) is 0 Å². The van der Waals surface area contributed by atoms with Gasteiger partial charge >= 0.3 is 7.12 Å². The van der Waals surface area contributed by atoms with Gasteiger partial charge < -0.3 is 14.0 Å². The average Bonchev–Trinajstić information content (AvgIpc) is 2.50. The van der Waals surface area contributed by atoms with Gasteiger partial charge in [0.25, 0.3) is 0 Å². The van der Waals surface area contributed by atoms with Gasteiger partial charge in [0.05, 0.1) is 11.2 Å². The molecule has 0 radical (unpaired) electrons. The molecule has 1 atom stereocenters. The van der Waals surface area contributed by atoms with Crippen molar-refractivity contribution in [2.45, 2.75) is 44.9 Å². The molecule has 0 saturated carbocycles. The van der Waals surface area contributed by atoms with Gasteiger partial charge in [-0.15, -0.1) is 0 Å².